The Morgan fingerprint density at radius 2 is 2.17 bits per heavy atom. The Balaban J connectivity index is 2.05. The minimum atomic E-state index is 0.0625. The molecule has 0 radical (unpaired) electrons. The van der Waals surface area contributed by atoms with E-state index in [0.717, 1.165) is 13.0 Å². The van der Waals surface area contributed by atoms with Crippen molar-refractivity contribution >= 4 is 22.7 Å². The highest BCUT2D eigenvalue weighted by Crippen LogP contribution is 2.30. The molecule has 1 aromatic heterocycles. The molecule has 1 fully saturated rings. The van der Waals surface area contributed by atoms with Crippen LogP contribution in [0.2, 0.25) is 0 Å². The highest BCUT2D eigenvalue weighted by Gasteiger charge is 2.19. The number of nitrogen functional groups attached to an aromatic ring is 2. The second kappa shape index (κ2) is 4.30. The quantitative estimate of drug-likeness (QED) is 0.819. The van der Waals surface area contributed by atoms with Crippen molar-refractivity contribution in [1.29, 1.82) is 0 Å². The number of nitrogens with zero attached hydrogens (tertiary/aromatic N) is 2. The summed E-state index contributed by atoms with van der Waals surface area (Å²) in [5.41, 5.74) is 12.2. The van der Waals surface area contributed by atoms with E-state index in [0.29, 0.717) is 29.1 Å². The Morgan fingerprint density at radius 3 is 2.94 bits per heavy atom. The molecule has 0 aliphatic carbocycles. The van der Waals surface area contributed by atoms with E-state index >= 15 is 0 Å². The molecule has 1 unspecified atom stereocenters. The zero-order chi connectivity index (χ0) is 12.5. The van der Waals surface area contributed by atoms with E-state index < -0.39 is 0 Å². The Kier molecular flexibility index (Phi) is 2.64. The summed E-state index contributed by atoms with van der Waals surface area (Å²) in [6.07, 6.45) is 0.944. The van der Waals surface area contributed by atoms with Crippen LogP contribution in [0, 0.1) is 0 Å². The molecular weight excluding hydrogens is 232 g/mol. The second-order valence-corrected chi connectivity index (χ2v) is 4.22. The molecule has 2 aromatic rings. The van der Waals surface area contributed by atoms with Crippen LogP contribution in [0.3, 0.4) is 0 Å². The molecule has 2 heterocycles. The first kappa shape index (κ1) is 11.0. The van der Waals surface area contributed by atoms with E-state index in [1.165, 1.54) is 0 Å². The lowest BCUT2D eigenvalue weighted by Gasteiger charge is -2.14. The van der Waals surface area contributed by atoms with Gasteiger partial charge in [-0.1, -0.05) is 6.07 Å². The van der Waals surface area contributed by atoms with Crippen LogP contribution in [0.5, 0.6) is 5.75 Å². The van der Waals surface area contributed by atoms with E-state index in [4.69, 9.17) is 20.9 Å². The molecule has 0 saturated carbocycles. The molecule has 4 N–H and O–H groups in total. The smallest absolute Gasteiger partial charge is 0.222 e. The molecule has 6 heteroatoms. The van der Waals surface area contributed by atoms with Crippen LogP contribution < -0.4 is 16.2 Å². The van der Waals surface area contributed by atoms with Crippen molar-refractivity contribution in [3.63, 3.8) is 0 Å². The van der Waals surface area contributed by atoms with Crippen LogP contribution in [0.15, 0.2) is 18.2 Å². The van der Waals surface area contributed by atoms with Crippen LogP contribution in [-0.4, -0.2) is 29.3 Å². The first-order valence-corrected chi connectivity index (χ1v) is 5.80. The zero-order valence-electron chi connectivity index (χ0n) is 9.80. The Morgan fingerprint density at radius 1 is 1.28 bits per heavy atom. The van der Waals surface area contributed by atoms with Gasteiger partial charge in [-0.05, 0) is 12.1 Å². The normalized spacial score (nSPS) is 19.2. The third kappa shape index (κ3) is 1.91. The van der Waals surface area contributed by atoms with Gasteiger partial charge in [-0.2, -0.15) is 4.98 Å². The molecule has 1 saturated heterocycles. The third-order valence-electron chi connectivity index (χ3n) is 2.91. The van der Waals surface area contributed by atoms with Gasteiger partial charge in [-0.25, -0.2) is 4.98 Å². The minimum absolute atomic E-state index is 0.0625. The highest BCUT2D eigenvalue weighted by atomic mass is 16.5. The van der Waals surface area contributed by atoms with Gasteiger partial charge in [0.05, 0.1) is 24.1 Å². The molecule has 1 atom stereocenters. The van der Waals surface area contributed by atoms with Crippen molar-refractivity contribution in [1.82, 2.24) is 9.97 Å². The maximum absolute atomic E-state index is 5.89. The summed E-state index contributed by atoms with van der Waals surface area (Å²) in [5, 5.41) is 0.707. The monoisotopic (exact) mass is 246 g/mol. The van der Waals surface area contributed by atoms with Crippen molar-refractivity contribution in [2.75, 3.05) is 24.7 Å². The van der Waals surface area contributed by atoms with Crippen molar-refractivity contribution in [2.24, 2.45) is 0 Å². The Hall–Kier alpha value is -2.08. The second-order valence-electron chi connectivity index (χ2n) is 4.22. The number of ether oxygens (including phenoxy) is 2. The fourth-order valence-corrected chi connectivity index (χ4v) is 2.08. The van der Waals surface area contributed by atoms with E-state index in [2.05, 4.69) is 9.97 Å². The average molecular weight is 246 g/mol. The molecule has 3 rings (SSSR count). The fraction of sp³-hybridized carbons (Fsp3) is 0.333. The van der Waals surface area contributed by atoms with Crippen molar-refractivity contribution in [3.8, 4) is 5.75 Å². The van der Waals surface area contributed by atoms with Crippen LogP contribution in [-0.2, 0) is 4.74 Å². The summed E-state index contributed by atoms with van der Waals surface area (Å²) >= 11 is 0. The van der Waals surface area contributed by atoms with E-state index in [1.54, 1.807) is 0 Å². The molecule has 0 spiro atoms. The van der Waals surface area contributed by atoms with Crippen molar-refractivity contribution < 1.29 is 9.47 Å². The Labute approximate surface area is 104 Å². The predicted molar refractivity (Wildman–Crippen MR) is 68.2 cm³/mol. The standard InChI is InChI=1S/C12H14N4O2/c13-11-10-8(15-12(14)16-11)2-1-3-9(10)18-7-4-5-17-6-7/h1-3,7H,4-6H2,(H4,13,14,15,16). The SMILES string of the molecule is Nc1nc(N)c2c(OC3CCOC3)cccc2n1. The lowest BCUT2D eigenvalue weighted by Crippen LogP contribution is -2.16. The number of anilines is 2. The van der Waals surface area contributed by atoms with E-state index in [-0.39, 0.29) is 12.1 Å². The zero-order valence-corrected chi connectivity index (χ0v) is 9.80. The van der Waals surface area contributed by atoms with Gasteiger partial charge >= 0.3 is 0 Å². The predicted octanol–water partition coefficient (Wildman–Crippen LogP) is 0.962. The molecule has 18 heavy (non-hydrogen) atoms. The molecule has 1 aromatic carbocycles. The van der Waals surface area contributed by atoms with Crippen LogP contribution in [0.1, 0.15) is 6.42 Å². The topological polar surface area (TPSA) is 96.3 Å². The average Bonchev–Trinajstić information content (AvgIpc) is 2.81. The summed E-state index contributed by atoms with van der Waals surface area (Å²) in [6, 6.07) is 5.55. The van der Waals surface area contributed by atoms with Crippen molar-refractivity contribution in [3.05, 3.63) is 18.2 Å². The molecule has 1 aliphatic rings. The van der Waals surface area contributed by atoms with Gasteiger partial charge in [0.15, 0.2) is 0 Å². The van der Waals surface area contributed by atoms with E-state index in [1.807, 2.05) is 18.2 Å². The number of benzene rings is 1. The number of hydrogen-bond acceptors (Lipinski definition) is 6. The summed E-state index contributed by atoms with van der Waals surface area (Å²) in [6.45, 7) is 1.33. The van der Waals surface area contributed by atoms with Crippen LogP contribution in [0.25, 0.3) is 10.9 Å². The third-order valence-corrected chi connectivity index (χ3v) is 2.91. The van der Waals surface area contributed by atoms with Crippen LogP contribution >= 0.6 is 0 Å². The van der Waals surface area contributed by atoms with Gasteiger partial charge in [-0.3, -0.25) is 0 Å². The lowest BCUT2D eigenvalue weighted by atomic mass is 10.2. The first-order valence-electron chi connectivity index (χ1n) is 5.80. The van der Waals surface area contributed by atoms with Gasteiger partial charge in [0.25, 0.3) is 0 Å². The number of aromatic nitrogens is 2. The van der Waals surface area contributed by atoms with Gasteiger partial charge in [0.2, 0.25) is 5.95 Å². The molecule has 94 valence electrons. The number of rotatable bonds is 2. The summed E-state index contributed by atoms with van der Waals surface area (Å²) in [4.78, 5) is 8.12. The maximum atomic E-state index is 5.89. The number of hydrogen-bond donors (Lipinski definition) is 2. The first-order chi connectivity index (χ1) is 8.74. The number of fused-ring (bicyclic) bond motifs is 1. The van der Waals surface area contributed by atoms with Crippen molar-refractivity contribution in [2.45, 2.75) is 12.5 Å². The minimum Gasteiger partial charge on any atom is -0.487 e. The molecule has 0 bridgehead atoms. The van der Waals surface area contributed by atoms with Gasteiger partial charge in [0, 0.05) is 6.42 Å². The fourth-order valence-electron chi connectivity index (χ4n) is 2.08. The highest BCUT2D eigenvalue weighted by molar-refractivity contribution is 5.94. The Bertz CT molecular complexity index is 582. The van der Waals surface area contributed by atoms with Gasteiger partial charge in [-0.15, -0.1) is 0 Å². The van der Waals surface area contributed by atoms with Gasteiger partial charge < -0.3 is 20.9 Å². The summed E-state index contributed by atoms with van der Waals surface area (Å²) < 4.78 is 11.2. The maximum Gasteiger partial charge on any atom is 0.222 e. The van der Waals surface area contributed by atoms with Gasteiger partial charge in [0.1, 0.15) is 17.7 Å². The summed E-state index contributed by atoms with van der Waals surface area (Å²) in [7, 11) is 0. The molecular formula is C12H14N4O2. The van der Waals surface area contributed by atoms with E-state index in [9.17, 15) is 0 Å². The molecule has 0 amide bonds. The lowest BCUT2D eigenvalue weighted by molar-refractivity contribution is 0.142. The summed E-state index contributed by atoms with van der Waals surface area (Å²) in [5.74, 6) is 1.19. The number of nitrogens with two attached hydrogens (primary N) is 2. The molecule has 6 nitrogen and oxygen atoms in total. The van der Waals surface area contributed by atoms with Crippen LogP contribution in [0.4, 0.5) is 11.8 Å². The largest absolute Gasteiger partial charge is 0.487 e. The molecule has 1 aliphatic heterocycles.